The molecule has 10 heteroatoms. The zero-order chi connectivity index (χ0) is 22.0. The summed E-state index contributed by atoms with van der Waals surface area (Å²) in [6.07, 6.45) is 0.458. The van der Waals surface area contributed by atoms with Crippen molar-refractivity contribution in [3.8, 4) is 0 Å². The van der Waals surface area contributed by atoms with Gasteiger partial charge in [0.05, 0.1) is 22.4 Å². The highest BCUT2D eigenvalue weighted by Gasteiger charge is 2.40. The monoisotopic (exact) mass is 423 g/mol. The first-order valence-corrected chi connectivity index (χ1v) is 9.82. The maximum atomic E-state index is 13.2. The minimum atomic E-state index is -0.785. The van der Waals surface area contributed by atoms with Gasteiger partial charge in [-0.3, -0.25) is 29.2 Å². The Morgan fingerprint density at radius 1 is 1.23 bits per heavy atom. The van der Waals surface area contributed by atoms with E-state index in [1.165, 1.54) is 18.2 Å². The molecule has 1 unspecified atom stereocenters. The van der Waals surface area contributed by atoms with Crippen molar-refractivity contribution >= 4 is 40.2 Å². The van der Waals surface area contributed by atoms with E-state index in [4.69, 9.17) is 4.74 Å². The van der Waals surface area contributed by atoms with Gasteiger partial charge in [-0.1, -0.05) is 24.3 Å². The number of carbonyl (C=O) groups is 2. The molecule has 160 valence electrons. The molecular weight excluding hydrogens is 402 g/mol. The molecule has 0 fully saturated rings. The largest absolute Gasteiger partial charge is 0.385 e. The summed E-state index contributed by atoms with van der Waals surface area (Å²) in [6.45, 7) is 0.908. The van der Waals surface area contributed by atoms with Gasteiger partial charge in [0, 0.05) is 26.3 Å². The second-order valence-electron chi connectivity index (χ2n) is 7.15. The summed E-state index contributed by atoms with van der Waals surface area (Å²) in [5.74, 6) is -0.233. The fraction of sp³-hybridized carbons (Fsp3) is 0.286. The van der Waals surface area contributed by atoms with E-state index >= 15 is 0 Å². The van der Waals surface area contributed by atoms with Crippen LogP contribution in [0.5, 0.6) is 0 Å². The van der Waals surface area contributed by atoms with E-state index in [2.05, 4.69) is 10.3 Å². The molecule has 2 heterocycles. The Balaban J connectivity index is 1.62. The molecule has 3 aromatic rings. The lowest BCUT2D eigenvalue weighted by atomic mass is 10.1. The van der Waals surface area contributed by atoms with Crippen LogP contribution in [0.15, 0.2) is 48.5 Å². The molecule has 0 saturated heterocycles. The molecule has 1 N–H and O–H groups in total. The SMILES string of the molecule is COCCCN1C(=O)C(CC(=O)Nc2ccccc2[N+](=O)[O-])n2c1nc1ccccc12. The molecule has 0 saturated carbocycles. The topological polar surface area (TPSA) is 120 Å². The van der Waals surface area contributed by atoms with Crippen molar-refractivity contribution in [3.63, 3.8) is 0 Å². The minimum absolute atomic E-state index is 0.0932. The Morgan fingerprint density at radius 2 is 1.97 bits per heavy atom. The molecule has 0 radical (unpaired) electrons. The number of nitrogens with zero attached hydrogens (tertiary/aromatic N) is 4. The summed E-state index contributed by atoms with van der Waals surface area (Å²) in [7, 11) is 1.59. The number of hydrogen-bond acceptors (Lipinski definition) is 6. The number of nitro benzene ring substituents is 1. The third-order valence-electron chi connectivity index (χ3n) is 5.17. The van der Waals surface area contributed by atoms with Gasteiger partial charge >= 0.3 is 0 Å². The molecule has 0 aliphatic carbocycles. The molecule has 1 aromatic heterocycles. The van der Waals surface area contributed by atoms with Gasteiger partial charge in [-0.2, -0.15) is 0 Å². The number of amides is 2. The molecule has 31 heavy (non-hydrogen) atoms. The summed E-state index contributed by atoms with van der Waals surface area (Å²) in [6, 6.07) is 12.5. The minimum Gasteiger partial charge on any atom is -0.385 e. The van der Waals surface area contributed by atoms with E-state index in [0.29, 0.717) is 25.5 Å². The molecule has 0 spiro atoms. The van der Waals surface area contributed by atoms with Crippen molar-refractivity contribution in [2.45, 2.75) is 18.9 Å². The molecule has 1 aliphatic rings. The Morgan fingerprint density at radius 3 is 2.74 bits per heavy atom. The number of carbonyl (C=O) groups excluding carboxylic acids is 2. The van der Waals surface area contributed by atoms with Gasteiger partial charge in [0.25, 0.3) is 11.6 Å². The number of methoxy groups -OCH3 is 1. The summed E-state index contributed by atoms with van der Waals surface area (Å²) in [5, 5.41) is 13.8. The van der Waals surface area contributed by atoms with Crippen LogP contribution in [0.1, 0.15) is 18.9 Å². The number of rotatable bonds is 8. The number of ether oxygens (including phenoxy) is 1. The van der Waals surface area contributed by atoms with Crippen LogP contribution in [0.25, 0.3) is 11.0 Å². The van der Waals surface area contributed by atoms with Crippen LogP contribution < -0.4 is 10.2 Å². The lowest BCUT2D eigenvalue weighted by Crippen LogP contribution is -2.32. The lowest BCUT2D eigenvalue weighted by Gasteiger charge is -2.15. The van der Waals surface area contributed by atoms with Crippen molar-refractivity contribution in [2.75, 3.05) is 30.5 Å². The number of benzene rings is 2. The molecule has 1 aliphatic heterocycles. The van der Waals surface area contributed by atoms with Gasteiger partial charge in [-0.15, -0.1) is 0 Å². The van der Waals surface area contributed by atoms with Crippen molar-refractivity contribution in [2.24, 2.45) is 0 Å². The van der Waals surface area contributed by atoms with Crippen molar-refractivity contribution in [1.29, 1.82) is 0 Å². The fourth-order valence-electron chi connectivity index (χ4n) is 3.79. The van der Waals surface area contributed by atoms with Crippen molar-refractivity contribution in [3.05, 3.63) is 58.6 Å². The third-order valence-corrected chi connectivity index (χ3v) is 5.17. The van der Waals surface area contributed by atoms with Gasteiger partial charge in [0.15, 0.2) is 0 Å². The van der Waals surface area contributed by atoms with E-state index in [0.717, 1.165) is 11.0 Å². The Bertz CT molecular complexity index is 1160. The Hall–Kier alpha value is -3.79. The van der Waals surface area contributed by atoms with E-state index in [1.54, 1.807) is 22.6 Å². The highest BCUT2D eigenvalue weighted by molar-refractivity contribution is 6.05. The predicted molar refractivity (Wildman–Crippen MR) is 114 cm³/mol. The zero-order valence-corrected chi connectivity index (χ0v) is 16.9. The molecule has 2 aromatic carbocycles. The number of nitro groups is 1. The number of aromatic nitrogens is 2. The zero-order valence-electron chi connectivity index (χ0n) is 16.9. The maximum absolute atomic E-state index is 13.2. The fourth-order valence-corrected chi connectivity index (χ4v) is 3.79. The number of anilines is 2. The average molecular weight is 423 g/mol. The Kier molecular flexibility index (Phi) is 5.63. The van der Waals surface area contributed by atoms with Crippen LogP contribution in [-0.2, 0) is 14.3 Å². The normalized spacial score (nSPS) is 15.3. The number of nitrogens with one attached hydrogen (secondary N) is 1. The number of hydrogen-bond donors (Lipinski definition) is 1. The van der Waals surface area contributed by atoms with Crippen LogP contribution in [0.4, 0.5) is 17.3 Å². The second kappa shape index (κ2) is 8.52. The van der Waals surface area contributed by atoms with Crippen molar-refractivity contribution < 1.29 is 19.2 Å². The third kappa shape index (κ3) is 3.84. The lowest BCUT2D eigenvalue weighted by molar-refractivity contribution is -0.383. The Labute approximate surface area is 177 Å². The summed E-state index contributed by atoms with van der Waals surface area (Å²) < 4.78 is 6.86. The molecule has 4 rings (SSSR count). The van der Waals surface area contributed by atoms with Gasteiger partial charge in [0.1, 0.15) is 11.7 Å². The standard InChI is InChI=1S/C21H21N5O5/c1-31-12-6-11-24-20(28)18(25-16-9-4-2-7-14(16)23-21(24)25)13-19(27)22-15-8-3-5-10-17(15)26(29)30/h2-5,7-10,18H,6,11-13H2,1H3,(H,22,27). The highest BCUT2D eigenvalue weighted by Crippen LogP contribution is 2.36. The van der Waals surface area contributed by atoms with Gasteiger partial charge in [-0.05, 0) is 24.6 Å². The van der Waals surface area contributed by atoms with Crippen molar-refractivity contribution in [1.82, 2.24) is 9.55 Å². The molecule has 1 atom stereocenters. The van der Waals surface area contributed by atoms with Crippen LogP contribution in [0, 0.1) is 10.1 Å². The first-order valence-electron chi connectivity index (χ1n) is 9.82. The highest BCUT2D eigenvalue weighted by atomic mass is 16.6. The first kappa shape index (κ1) is 20.5. The van der Waals surface area contributed by atoms with Crippen LogP contribution >= 0.6 is 0 Å². The van der Waals surface area contributed by atoms with E-state index < -0.39 is 16.9 Å². The van der Waals surface area contributed by atoms with Crippen LogP contribution in [0.2, 0.25) is 0 Å². The molecule has 0 bridgehead atoms. The molecule has 2 amide bonds. The molecule has 10 nitrogen and oxygen atoms in total. The average Bonchev–Trinajstić information content (AvgIpc) is 3.24. The van der Waals surface area contributed by atoms with Gasteiger partial charge < -0.3 is 10.1 Å². The number of imidazole rings is 1. The van der Waals surface area contributed by atoms with Gasteiger partial charge in [-0.25, -0.2) is 4.98 Å². The van der Waals surface area contributed by atoms with Crippen LogP contribution in [0.3, 0.4) is 0 Å². The number of para-hydroxylation sites is 4. The van der Waals surface area contributed by atoms with Gasteiger partial charge in [0.2, 0.25) is 11.9 Å². The van der Waals surface area contributed by atoms with E-state index in [-0.39, 0.29) is 23.7 Å². The van der Waals surface area contributed by atoms with Crippen LogP contribution in [-0.4, -0.2) is 46.6 Å². The maximum Gasteiger partial charge on any atom is 0.292 e. The first-order chi connectivity index (χ1) is 15.0. The summed E-state index contributed by atoms with van der Waals surface area (Å²) >= 11 is 0. The summed E-state index contributed by atoms with van der Waals surface area (Å²) in [4.78, 5) is 42.7. The molecular formula is C21H21N5O5. The predicted octanol–water partition coefficient (Wildman–Crippen LogP) is 2.90. The number of fused-ring (bicyclic) bond motifs is 3. The quantitative estimate of drug-likeness (QED) is 0.338. The van der Waals surface area contributed by atoms with E-state index in [9.17, 15) is 19.7 Å². The second-order valence-corrected chi connectivity index (χ2v) is 7.15. The smallest absolute Gasteiger partial charge is 0.292 e. The summed E-state index contributed by atoms with van der Waals surface area (Å²) in [5.41, 5.74) is 1.37. The van der Waals surface area contributed by atoms with E-state index in [1.807, 2.05) is 24.3 Å².